The fourth-order valence-electron chi connectivity index (χ4n) is 3.15. The van der Waals surface area contributed by atoms with Crippen molar-refractivity contribution in [2.45, 2.75) is 4.90 Å². The maximum atomic E-state index is 13.0. The first-order valence-electron chi connectivity index (χ1n) is 8.53. The van der Waals surface area contributed by atoms with E-state index < -0.39 is 10.0 Å². The Balaban J connectivity index is 1.86. The second-order valence-corrected chi connectivity index (χ2v) is 9.10. The second kappa shape index (κ2) is 7.08. The highest BCUT2D eigenvalue weighted by molar-refractivity contribution is 7.89. The van der Waals surface area contributed by atoms with E-state index in [1.54, 1.807) is 12.1 Å². The van der Waals surface area contributed by atoms with Crippen LogP contribution in [0, 0.1) is 0 Å². The van der Waals surface area contributed by atoms with Gasteiger partial charge in [0.25, 0.3) is 5.56 Å². The fraction of sp³-hybridized carbons (Fsp3) is 0.278. The Labute approximate surface area is 161 Å². The quantitative estimate of drug-likeness (QED) is 0.714. The van der Waals surface area contributed by atoms with Crippen LogP contribution in [-0.2, 0) is 10.0 Å². The lowest BCUT2D eigenvalue weighted by Crippen LogP contribution is -2.46. The van der Waals surface area contributed by atoms with Gasteiger partial charge in [0, 0.05) is 26.2 Å². The SMILES string of the molecule is COc1ccc(S(=O)(=O)N2CCNCC2)cc1-n1sc2ccccc2c1=O. The molecule has 1 N–H and O–H groups in total. The van der Waals surface area contributed by atoms with E-state index in [1.165, 1.54) is 39.0 Å². The molecule has 0 atom stereocenters. The van der Waals surface area contributed by atoms with Gasteiger partial charge in [0.1, 0.15) is 11.4 Å². The van der Waals surface area contributed by atoms with Crippen LogP contribution in [0.5, 0.6) is 5.75 Å². The summed E-state index contributed by atoms with van der Waals surface area (Å²) in [5.41, 5.74) is 0.241. The molecule has 0 saturated carbocycles. The Bertz CT molecular complexity index is 1140. The molecule has 1 aliphatic heterocycles. The number of benzene rings is 2. The number of nitrogens with one attached hydrogen (secondary N) is 1. The molecule has 9 heteroatoms. The lowest BCUT2D eigenvalue weighted by Gasteiger charge is -2.26. The van der Waals surface area contributed by atoms with Crippen molar-refractivity contribution in [3.63, 3.8) is 0 Å². The number of methoxy groups -OCH3 is 1. The Morgan fingerprint density at radius 2 is 1.85 bits per heavy atom. The van der Waals surface area contributed by atoms with Gasteiger partial charge < -0.3 is 10.1 Å². The molecule has 0 radical (unpaired) electrons. The number of fused-ring (bicyclic) bond motifs is 1. The third-order valence-electron chi connectivity index (χ3n) is 4.57. The molecule has 142 valence electrons. The van der Waals surface area contributed by atoms with E-state index >= 15 is 0 Å². The lowest BCUT2D eigenvalue weighted by molar-refractivity contribution is 0.360. The zero-order valence-corrected chi connectivity index (χ0v) is 16.3. The minimum Gasteiger partial charge on any atom is -0.495 e. The summed E-state index contributed by atoms with van der Waals surface area (Å²) in [6, 6.07) is 11.9. The molecule has 1 aliphatic rings. The van der Waals surface area contributed by atoms with Crippen molar-refractivity contribution in [2.75, 3.05) is 33.3 Å². The molecule has 1 saturated heterocycles. The molecule has 3 aromatic rings. The van der Waals surface area contributed by atoms with Crippen molar-refractivity contribution in [1.82, 2.24) is 13.6 Å². The Kier molecular flexibility index (Phi) is 4.77. The molecule has 7 nitrogen and oxygen atoms in total. The largest absolute Gasteiger partial charge is 0.495 e. The highest BCUT2D eigenvalue weighted by atomic mass is 32.2. The van der Waals surface area contributed by atoms with Crippen LogP contribution in [0.25, 0.3) is 15.8 Å². The van der Waals surface area contributed by atoms with E-state index in [2.05, 4.69) is 5.32 Å². The molecule has 0 amide bonds. The maximum Gasteiger partial charge on any atom is 0.273 e. The van der Waals surface area contributed by atoms with Crippen molar-refractivity contribution in [3.8, 4) is 11.4 Å². The number of ether oxygens (including phenoxy) is 1. The van der Waals surface area contributed by atoms with Crippen LogP contribution < -0.4 is 15.6 Å². The number of sulfonamides is 1. The lowest BCUT2D eigenvalue weighted by atomic mass is 10.2. The van der Waals surface area contributed by atoms with Gasteiger partial charge in [-0.25, -0.2) is 12.4 Å². The van der Waals surface area contributed by atoms with Crippen LogP contribution >= 0.6 is 11.5 Å². The van der Waals surface area contributed by atoms with Gasteiger partial charge in [-0.05, 0) is 30.3 Å². The zero-order valence-electron chi connectivity index (χ0n) is 14.7. The van der Waals surface area contributed by atoms with E-state index in [9.17, 15) is 13.2 Å². The van der Waals surface area contributed by atoms with Gasteiger partial charge in [-0.15, -0.1) is 0 Å². The first kappa shape index (κ1) is 18.2. The number of piperazine rings is 1. The van der Waals surface area contributed by atoms with Crippen molar-refractivity contribution in [1.29, 1.82) is 0 Å². The molecule has 1 fully saturated rings. The smallest absolute Gasteiger partial charge is 0.273 e. The molecule has 2 aromatic carbocycles. The van der Waals surface area contributed by atoms with E-state index in [0.29, 0.717) is 43.0 Å². The summed E-state index contributed by atoms with van der Waals surface area (Å²) in [6.07, 6.45) is 0. The zero-order chi connectivity index (χ0) is 19.0. The summed E-state index contributed by atoms with van der Waals surface area (Å²) in [5, 5.41) is 3.74. The third kappa shape index (κ3) is 3.16. The predicted octanol–water partition coefficient (Wildman–Crippen LogP) is 1.65. The number of nitrogens with zero attached hydrogens (tertiary/aromatic N) is 2. The molecule has 0 aliphatic carbocycles. The van der Waals surface area contributed by atoms with Gasteiger partial charge in [0.15, 0.2) is 0 Å². The van der Waals surface area contributed by atoms with E-state index in [4.69, 9.17) is 4.74 Å². The topological polar surface area (TPSA) is 80.6 Å². The van der Waals surface area contributed by atoms with Gasteiger partial charge >= 0.3 is 0 Å². The molecule has 2 heterocycles. The molecule has 1 aromatic heterocycles. The van der Waals surface area contributed by atoms with Crippen molar-refractivity contribution in [2.24, 2.45) is 0 Å². The number of hydrogen-bond donors (Lipinski definition) is 1. The van der Waals surface area contributed by atoms with E-state index in [-0.39, 0.29) is 10.5 Å². The highest BCUT2D eigenvalue weighted by Gasteiger charge is 2.27. The van der Waals surface area contributed by atoms with Crippen LogP contribution in [-0.4, -0.2) is 50.0 Å². The highest BCUT2D eigenvalue weighted by Crippen LogP contribution is 2.30. The number of rotatable bonds is 4. The molecule has 27 heavy (non-hydrogen) atoms. The summed E-state index contributed by atoms with van der Waals surface area (Å²) in [6.45, 7) is 2.09. The van der Waals surface area contributed by atoms with Crippen LogP contribution in [0.3, 0.4) is 0 Å². The molecular weight excluding hydrogens is 386 g/mol. The molecule has 0 bridgehead atoms. The maximum absolute atomic E-state index is 13.0. The first-order chi connectivity index (χ1) is 13.0. The first-order valence-corrected chi connectivity index (χ1v) is 10.7. The third-order valence-corrected chi connectivity index (χ3v) is 7.57. The molecule has 0 spiro atoms. The summed E-state index contributed by atoms with van der Waals surface area (Å²) >= 11 is 1.27. The average molecular weight is 406 g/mol. The van der Waals surface area contributed by atoms with Crippen molar-refractivity contribution >= 4 is 31.6 Å². The van der Waals surface area contributed by atoms with Gasteiger partial charge in [0.05, 0.1) is 22.1 Å². The second-order valence-electron chi connectivity index (χ2n) is 6.17. The summed E-state index contributed by atoms with van der Waals surface area (Å²) < 4.78 is 35.2. The van der Waals surface area contributed by atoms with Crippen LogP contribution in [0.2, 0.25) is 0 Å². The Hall–Kier alpha value is -2.20. The van der Waals surface area contributed by atoms with Gasteiger partial charge in [0.2, 0.25) is 10.0 Å². The van der Waals surface area contributed by atoms with Gasteiger partial charge in [-0.1, -0.05) is 23.7 Å². The fourth-order valence-corrected chi connectivity index (χ4v) is 5.63. The monoisotopic (exact) mass is 405 g/mol. The van der Waals surface area contributed by atoms with Crippen molar-refractivity contribution < 1.29 is 13.2 Å². The number of hydrogen-bond acceptors (Lipinski definition) is 6. The standard InChI is InChI=1S/C18H19N3O4S2/c1-25-16-7-6-13(27(23,24)20-10-8-19-9-11-20)12-15(16)21-18(22)14-4-2-3-5-17(14)26-21/h2-7,12,19H,8-11H2,1H3. The van der Waals surface area contributed by atoms with E-state index in [1.807, 2.05) is 18.2 Å². The summed E-state index contributed by atoms with van der Waals surface area (Å²) in [5.74, 6) is 0.447. The number of aromatic nitrogens is 1. The minimum atomic E-state index is -3.63. The molecular formula is C18H19N3O4S2. The van der Waals surface area contributed by atoms with Gasteiger partial charge in [-0.2, -0.15) is 4.31 Å². The van der Waals surface area contributed by atoms with Crippen LogP contribution in [0.1, 0.15) is 0 Å². The Morgan fingerprint density at radius 1 is 1.11 bits per heavy atom. The minimum absolute atomic E-state index is 0.157. The van der Waals surface area contributed by atoms with E-state index in [0.717, 1.165) is 4.70 Å². The predicted molar refractivity (Wildman–Crippen MR) is 106 cm³/mol. The average Bonchev–Trinajstić information content (AvgIpc) is 3.05. The summed E-state index contributed by atoms with van der Waals surface area (Å²) in [4.78, 5) is 13.0. The Morgan fingerprint density at radius 3 is 2.56 bits per heavy atom. The van der Waals surface area contributed by atoms with Crippen molar-refractivity contribution in [3.05, 3.63) is 52.8 Å². The summed E-state index contributed by atoms with van der Waals surface area (Å²) in [7, 11) is -2.13. The normalized spacial score (nSPS) is 15.9. The molecule has 4 rings (SSSR count). The van der Waals surface area contributed by atoms with Crippen LogP contribution in [0.4, 0.5) is 0 Å². The molecule has 0 unspecified atom stereocenters. The van der Waals surface area contributed by atoms with Crippen LogP contribution in [0.15, 0.2) is 52.2 Å². The van der Waals surface area contributed by atoms with Gasteiger partial charge in [-0.3, -0.25) is 4.79 Å².